The first kappa shape index (κ1) is 33.0. The third-order valence-corrected chi connectivity index (χ3v) is 5.52. The highest BCUT2D eigenvalue weighted by molar-refractivity contribution is 5.75. The molecule has 0 aliphatic heterocycles. The topological polar surface area (TPSA) is 89.9 Å². The van der Waals surface area contributed by atoms with Crippen molar-refractivity contribution in [2.75, 3.05) is 20.3 Å². The Bertz CT molecular complexity index is 417. The third kappa shape index (κ3) is 28.9. The van der Waals surface area contributed by atoms with Crippen LogP contribution < -0.4 is 5.32 Å². The molecule has 0 aliphatic carbocycles. The number of hydrogen-bond acceptors (Lipinski definition) is 4. The number of hydrogen-bond donors (Lipinski definition) is 3. The zero-order chi connectivity index (χ0) is 24.5. The number of aliphatic hydroxyl groups is 1. The number of aliphatic hydroxyl groups excluding tert-OH is 1. The standard InChI is InChI=1S/C23H48N2O.C3H6O3/c1-4-6-7-8-9-10-11-12-13-14-15-16-17-18-19-20-23(26)24-22-25(3)21-5-2;1-2(4)3(5)6/h4-22H2,1-3H3,(H,24,26);2,4H,1H3,(H,5,6). The van der Waals surface area contributed by atoms with Crippen molar-refractivity contribution in [2.45, 2.75) is 136 Å². The number of amides is 1. The number of carbonyl (C=O) groups is 2. The largest absolute Gasteiger partial charge is 0.479 e. The highest BCUT2D eigenvalue weighted by Gasteiger charge is 2.03. The number of nitrogens with zero attached hydrogens (tertiary/aromatic N) is 1. The minimum Gasteiger partial charge on any atom is -0.479 e. The van der Waals surface area contributed by atoms with Gasteiger partial charge in [0.15, 0.2) is 0 Å². The summed E-state index contributed by atoms with van der Waals surface area (Å²) in [5.74, 6) is -0.974. The van der Waals surface area contributed by atoms with Gasteiger partial charge in [-0.1, -0.05) is 104 Å². The summed E-state index contributed by atoms with van der Waals surface area (Å²) < 4.78 is 0. The van der Waals surface area contributed by atoms with Gasteiger partial charge >= 0.3 is 5.97 Å². The maximum absolute atomic E-state index is 11.7. The van der Waals surface area contributed by atoms with Gasteiger partial charge in [-0.15, -0.1) is 0 Å². The highest BCUT2D eigenvalue weighted by Crippen LogP contribution is 2.13. The van der Waals surface area contributed by atoms with E-state index in [2.05, 4.69) is 31.1 Å². The molecule has 0 aliphatic rings. The minimum atomic E-state index is -1.23. The first-order valence-corrected chi connectivity index (χ1v) is 13.2. The van der Waals surface area contributed by atoms with E-state index in [0.717, 1.165) is 19.4 Å². The zero-order valence-corrected chi connectivity index (χ0v) is 21.7. The summed E-state index contributed by atoms with van der Waals surface area (Å²) in [5, 5.41) is 18.8. The Morgan fingerprint density at radius 3 is 1.47 bits per heavy atom. The van der Waals surface area contributed by atoms with Crippen LogP contribution in [-0.4, -0.2) is 53.4 Å². The number of carbonyl (C=O) groups excluding carboxylic acids is 1. The lowest BCUT2D eigenvalue weighted by atomic mass is 10.0. The molecule has 0 aromatic rings. The predicted molar refractivity (Wildman–Crippen MR) is 135 cm³/mol. The molecule has 0 radical (unpaired) electrons. The molecule has 1 unspecified atom stereocenters. The maximum atomic E-state index is 11.7. The van der Waals surface area contributed by atoms with Crippen LogP contribution in [0.1, 0.15) is 130 Å². The van der Waals surface area contributed by atoms with Crippen LogP contribution in [0.15, 0.2) is 0 Å². The molecular weight excluding hydrogens is 404 g/mol. The lowest BCUT2D eigenvalue weighted by Gasteiger charge is -2.16. The Kier molecular flexibility index (Phi) is 27.0. The summed E-state index contributed by atoms with van der Waals surface area (Å²) in [6.45, 7) is 7.37. The van der Waals surface area contributed by atoms with Crippen molar-refractivity contribution in [3.05, 3.63) is 0 Å². The Balaban J connectivity index is 0. The molecule has 0 heterocycles. The molecule has 0 saturated heterocycles. The Labute approximate surface area is 198 Å². The van der Waals surface area contributed by atoms with Gasteiger partial charge in [-0.2, -0.15) is 0 Å². The molecule has 0 rings (SSSR count). The van der Waals surface area contributed by atoms with Gasteiger partial charge in [-0.05, 0) is 33.4 Å². The fourth-order valence-corrected chi connectivity index (χ4v) is 3.43. The van der Waals surface area contributed by atoms with Crippen LogP contribution in [0.5, 0.6) is 0 Å². The average molecular weight is 459 g/mol. The summed E-state index contributed by atoms with van der Waals surface area (Å²) in [6, 6.07) is 0. The van der Waals surface area contributed by atoms with E-state index in [4.69, 9.17) is 10.2 Å². The molecule has 1 atom stereocenters. The molecule has 0 aromatic carbocycles. The van der Waals surface area contributed by atoms with Crippen LogP contribution >= 0.6 is 0 Å². The second-order valence-electron chi connectivity index (χ2n) is 9.05. The highest BCUT2D eigenvalue weighted by atomic mass is 16.4. The molecule has 0 saturated carbocycles. The van der Waals surface area contributed by atoms with E-state index in [1.807, 2.05) is 0 Å². The molecule has 32 heavy (non-hydrogen) atoms. The van der Waals surface area contributed by atoms with Gasteiger partial charge in [0.05, 0.1) is 6.67 Å². The zero-order valence-electron chi connectivity index (χ0n) is 21.7. The summed E-state index contributed by atoms with van der Waals surface area (Å²) in [5.41, 5.74) is 0. The monoisotopic (exact) mass is 458 g/mol. The van der Waals surface area contributed by atoms with E-state index >= 15 is 0 Å². The fourth-order valence-electron chi connectivity index (χ4n) is 3.43. The Morgan fingerprint density at radius 1 is 0.750 bits per heavy atom. The van der Waals surface area contributed by atoms with Crippen LogP contribution in [0.4, 0.5) is 0 Å². The average Bonchev–Trinajstić information content (AvgIpc) is 2.75. The van der Waals surface area contributed by atoms with Crippen molar-refractivity contribution >= 4 is 11.9 Å². The van der Waals surface area contributed by atoms with Gasteiger partial charge in [-0.3, -0.25) is 9.69 Å². The van der Waals surface area contributed by atoms with Crippen molar-refractivity contribution in [3.63, 3.8) is 0 Å². The van der Waals surface area contributed by atoms with Crippen LogP contribution in [0.2, 0.25) is 0 Å². The number of aliphatic carboxylic acids is 1. The van der Waals surface area contributed by atoms with Crippen molar-refractivity contribution in [3.8, 4) is 0 Å². The first-order valence-electron chi connectivity index (χ1n) is 13.2. The van der Waals surface area contributed by atoms with Crippen molar-refractivity contribution in [1.29, 1.82) is 0 Å². The number of carboxylic acid groups (broad SMARTS) is 1. The van der Waals surface area contributed by atoms with E-state index in [-0.39, 0.29) is 5.91 Å². The SMILES string of the molecule is CC(O)C(=O)O.CCCCCCCCCCCCCCCCCC(=O)NCN(C)CCC. The second kappa shape index (κ2) is 26.1. The van der Waals surface area contributed by atoms with Gasteiger partial charge < -0.3 is 15.5 Å². The number of rotatable bonds is 21. The Hall–Kier alpha value is -1.14. The first-order chi connectivity index (χ1) is 15.3. The van der Waals surface area contributed by atoms with E-state index in [0.29, 0.717) is 13.1 Å². The molecule has 0 aromatic heterocycles. The molecule has 0 bridgehead atoms. The molecule has 1 amide bonds. The number of nitrogens with one attached hydrogen (secondary N) is 1. The van der Waals surface area contributed by atoms with E-state index in [9.17, 15) is 9.59 Å². The third-order valence-electron chi connectivity index (χ3n) is 5.52. The van der Waals surface area contributed by atoms with Crippen LogP contribution in [-0.2, 0) is 9.59 Å². The molecule has 0 spiro atoms. The number of unbranched alkanes of at least 4 members (excludes halogenated alkanes) is 14. The van der Waals surface area contributed by atoms with Gasteiger partial charge in [0.2, 0.25) is 5.91 Å². The van der Waals surface area contributed by atoms with Crippen molar-refractivity contribution in [1.82, 2.24) is 10.2 Å². The lowest BCUT2D eigenvalue weighted by Crippen LogP contribution is -2.35. The molecule has 0 fully saturated rings. The molecule has 3 N–H and O–H groups in total. The smallest absolute Gasteiger partial charge is 0.332 e. The number of carboxylic acids is 1. The summed E-state index contributed by atoms with van der Waals surface area (Å²) in [6.07, 6.45) is 21.1. The quantitative estimate of drug-likeness (QED) is 0.142. The summed E-state index contributed by atoms with van der Waals surface area (Å²) in [7, 11) is 2.05. The van der Waals surface area contributed by atoms with E-state index in [1.165, 1.54) is 96.8 Å². The molecular formula is C26H54N2O4. The molecule has 192 valence electrons. The normalized spacial score (nSPS) is 11.7. The predicted octanol–water partition coefficient (Wildman–Crippen LogP) is 6.12. The maximum Gasteiger partial charge on any atom is 0.332 e. The van der Waals surface area contributed by atoms with Crippen molar-refractivity contribution in [2.24, 2.45) is 0 Å². The van der Waals surface area contributed by atoms with E-state index in [1.54, 1.807) is 0 Å². The van der Waals surface area contributed by atoms with E-state index < -0.39 is 12.1 Å². The lowest BCUT2D eigenvalue weighted by molar-refractivity contribution is -0.145. The Morgan fingerprint density at radius 2 is 1.12 bits per heavy atom. The minimum absolute atomic E-state index is 0.211. The summed E-state index contributed by atoms with van der Waals surface area (Å²) in [4.78, 5) is 23.4. The fraction of sp³-hybridized carbons (Fsp3) is 0.923. The molecule has 6 heteroatoms. The molecule has 6 nitrogen and oxygen atoms in total. The summed E-state index contributed by atoms with van der Waals surface area (Å²) >= 11 is 0. The van der Waals surface area contributed by atoms with Crippen LogP contribution in [0.3, 0.4) is 0 Å². The second-order valence-corrected chi connectivity index (χ2v) is 9.05. The van der Waals surface area contributed by atoms with Gasteiger partial charge in [-0.25, -0.2) is 4.79 Å². The van der Waals surface area contributed by atoms with Gasteiger partial charge in [0.1, 0.15) is 6.10 Å². The van der Waals surface area contributed by atoms with Gasteiger partial charge in [0, 0.05) is 6.42 Å². The van der Waals surface area contributed by atoms with Crippen LogP contribution in [0.25, 0.3) is 0 Å². The van der Waals surface area contributed by atoms with Crippen molar-refractivity contribution < 1.29 is 19.8 Å². The van der Waals surface area contributed by atoms with Crippen LogP contribution in [0, 0.1) is 0 Å². The van der Waals surface area contributed by atoms with Gasteiger partial charge in [0.25, 0.3) is 0 Å².